The minimum absolute atomic E-state index is 0.157. The Kier molecular flexibility index (Phi) is 2.24. The maximum atomic E-state index is 10.1. The highest BCUT2D eigenvalue weighted by atomic mass is 79.9. The fourth-order valence-corrected chi connectivity index (χ4v) is 1.13. The van der Waals surface area contributed by atoms with E-state index < -0.39 is 0 Å². The molecule has 0 aliphatic rings. The molecule has 0 radical (unpaired) electrons. The van der Waals surface area contributed by atoms with E-state index in [9.17, 15) is 4.91 Å². The second-order valence-corrected chi connectivity index (χ2v) is 3.04. The minimum Gasteiger partial charge on any atom is -0.508 e. The number of nitroso groups, excluding NO2 is 1. The first-order valence-electron chi connectivity index (χ1n) is 2.97. The van der Waals surface area contributed by atoms with E-state index in [0.717, 1.165) is 0 Å². The number of nitrogens with zero attached hydrogens (tertiary/aromatic N) is 1. The Bertz CT molecular complexity index is 299. The van der Waals surface area contributed by atoms with Crippen molar-refractivity contribution in [2.45, 2.75) is 6.92 Å². The molecule has 3 nitrogen and oxygen atoms in total. The first-order valence-corrected chi connectivity index (χ1v) is 3.77. The molecule has 0 atom stereocenters. The molecular formula is C7H6BrNO2. The van der Waals surface area contributed by atoms with Gasteiger partial charge in [0.1, 0.15) is 11.4 Å². The van der Waals surface area contributed by atoms with Gasteiger partial charge in [-0.3, -0.25) is 0 Å². The van der Waals surface area contributed by atoms with Crippen LogP contribution in [0.2, 0.25) is 0 Å². The Balaban J connectivity index is 3.31. The van der Waals surface area contributed by atoms with Gasteiger partial charge in [-0.25, -0.2) is 0 Å². The van der Waals surface area contributed by atoms with Crippen molar-refractivity contribution in [3.8, 4) is 5.75 Å². The molecule has 0 fully saturated rings. The molecule has 58 valence electrons. The number of hydrogen-bond donors (Lipinski definition) is 1. The van der Waals surface area contributed by atoms with Crippen molar-refractivity contribution in [1.29, 1.82) is 0 Å². The van der Waals surface area contributed by atoms with Gasteiger partial charge < -0.3 is 5.11 Å². The number of rotatable bonds is 1. The lowest BCUT2D eigenvalue weighted by Crippen LogP contribution is -1.75. The average molecular weight is 216 g/mol. The van der Waals surface area contributed by atoms with Crippen molar-refractivity contribution in [1.82, 2.24) is 0 Å². The topological polar surface area (TPSA) is 49.7 Å². The van der Waals surface area contributed by atoms with Gasteiger partial charge in [0.05, 0.1) is 4.47 Å². The molecule has 0 saturated carbocycles. The van der Waals surface area contributed by atoms with Gasteiger partial charge in [-0.1, -0.05) is 0 Å². The minimum atomic E-state index is 0.157. The number of halogens is 1. The average Bonchev–Trinajstić information content (AvgIpc) is 1.97. The number of phenols is 1. The number of aromatic hydroxyl groups is 1. The van der Waals surface area contributed by atoms with Gasteiger partial charge >= 0.3 is 0 Å². The van der Waals surface area contributed by atoms with E-state index in [2.05, 4.69) is 21.1 Å². The van der Waals surface area contributed by atoms with Crippen LogP contribution in [0.5, 0.6) is 5.75 Å². The van der Waals surface area contributed by atoms with Crippen LogP contribution in [-0.4, -0.2) is 5.11 Å². The van der Waals surface area contributed by atoms with Crippen LogP contribution < -0.4 is 0 Å². The predicted octanol–water partition coefficient (Wildman–Crippen LogP) is 2.86. The molecular weight excluding hydrogens is 210 g/mol. The Morgan fingerprint density at radius 3 is 2.73 bits per heavy atom. The maximum absolute atomic E-state index is 10.1. The molecule has 1 aromatic carbocycles. The van der Waals surface area contributed by atoms with Gasteiger partial charge in [-0.15, -0.1) is 4.91 Å². The summed E-state index contributed by atoms with van der Waals surface area (Å²) < 4.78 is 0.510. The van der Waals surface area contributed by atoms with Gasteiger partial charge in [-0.05, 0) is 45.7 Å². The first kappa shape index (κ1) is 8.20. The predicted molar refractivity (Wildman–Crippen MR) is 46.0 cm³/mol. The number of benzene rings is 1. The van der Waals surface area contributed by atoms with Crippen LogP contribution in [0.4, 0.5) is 5.69 Å². The van der Waals surface area contributed by atoms with Crippen LogP contribution in [0.3, 0.4) is 0 Å². The van der Waals surface area contributed by atoms with Gasteiger partial charge in [-0.2, -0.15) is 0 Å². The molecule has 0 aromatic heterocycles. The smallest absolute Gasteiger partial charge is 0.122 e. The summed E-state index contributed by atoms with van der Waals surface area (Å²) in [7, 11) is 0. The first-order chi connectivity index (χ1) is 5.15. The molecule has 1 aromatic rings. The van der Waals surface area contributed by atoms with Crippen LogP contribution in [0.25, 0.3) is 0 Å². The van der Waals surface area contributed by atoms with Crippen molar-refractivity contribution >= 4 is 21.6 Å². The van der Waals surface area contributed by atoms with E-state index in [1.54, 1.807) is 6.92 Å². The van der Waals surface area contributed by atoms with Crippen LogP contribution >= 0.6 is 15.9 Å². The molecule has 0 saturated heterocycles. The lowest BCUT2D eigenvalue weighted by atomic mass is 10.2. The van der Waals surface area contributed by atoms with Gasteiger partial charge in [0.15, 0.2) is 0 Å². The highest BCUT2D eigenvalue weighted by Crippen LogP contribution is 2.31. The van der Waals surface area contributed by atoms with Crippen LogP contribution in [0.15, 0.2) is 21.8 Å². The zero-order valence-corrected chi connectivity index (χ0v) is 7.42. The molecule has 1 N–H and O–H groups in total. The van der Waals surface area contributed by atoms with Crippen molar-refractivity contribution < 1.29 is 5.11 Å². The third kappa shape index (κ3) is 1.57. The standard InChI is InChI=1S/C7H6BrNO2/c1-4-2-6(9-11)5(8)3-7(4)10/h2-3,10H,1H3. The third-order valence-corrected chi connectivity index (χ3v) is 2.00. The van der Waals surface area contributed by atoms with E-state index in [0.29, 0.717) is 15.7 Å². The molecule has 0 aliphatic heterocycles. The number of aryl methyl sites for hydroxylation is 1. The van der Waals surface area contributed by atoms with Crippen molar-refractivity contribution in [3.63, 3.8) is 0 Å². The highest BCUT2D eigenvalue weighted by molar-refractivity contribution is 9.10. The summed E-state index contributed by atoms with van der Waals surface area (Å²) in [6.07, 6.45) is 0. The lowest BCUT2D eigenvalue weighted by Gasteiger charge is -1.99. The van der Waals surface area contributed by atoms with E-state index in [1.807, 2.05) is 0 Å². The summed E-state index contributed by atoms with van der Waals surface area (Å²) in [5.74, 6) is 0.157. The fourth-order valence-electron chi connectivity index (χ4n) is 0.726. The Morgan fingerprint density at radius 2 is 2.18 bits per heavy atom. The Labute approximate surface area is 72.2 Å². The van der Waals surface area contributed by atoms with E-state index in [4.69, 9.17) is 5.11 Å². The fraction of sp³-hybridized carbons (Fsp3) is 0.143. The summed E-state index contributed by atoms with van der Waals surface area (Å²) in [6.45, 7) is 1.70. The number of phenolic OH excluding ortho intramolecular Hbond substituents is 1. The maximum Gasteiger partial charge on any atom is 0.122 e. The molecule has 11 heavy (non-hydrogen) atoms. The van der Waals surface area contributed by atoms with E-state index in [-0.39, 0.29) is 5.75 Å². The summed E-state index contributed by atoms with van der Waals surface area (Å²) in [6, 6.07) is 2.97. The molecule has 0 aliphatic carbocycles. The second kappa shape index (κ2) is 3.00. The Hall–Kier alpha value is -0.900. The number of hydrogen-bond acceptors (Lipinski definition) is 3. The summed E-state index contributed by atoms with van der Waals surface area (Å²) >= 11 is 3.09. The second-order valence-electron chi connectivity index (χ2n) is 2.18. The molecule has 0 bridgehead atoms. The summed E-state index contributed by atoms with van der Waals surface area (Å²) in [4.78, 5) is 10.1. The summed E-state index contributed by atoms with van der Waals surface area (Å²) in [5.41, 5.74) is 0.947. The van der Waals surface area contributed by atoms with Gasteiger partial charge in [0.25, 0.3) is 0 Å². The molecule has 4 heteroatoms. The lowest BCUT2D eigenvalue weighted by molar-refractivity contribution is 0.471. The highest BCUT2D eigenvalue weighted by Gasteiger charge is 2.03. The van der Waals surface area contributed by atoms with Crippen LogP contribution in [-0.2, 0) is 0 Å². The molecule has 0 unspecified atom stereocenters. The monoisotopic (exact) mass is 215 g/mol. The molecule has 0 heterocycles. The van der Waals surface area contributed by atoms with E-state index in [1.165, 1.54) is 12.1 Å². The normalized spacial score (nSPS) is 9.64. The van der Waals surface area contributed by atoms with Crippen LogP contribution in [0.1, 0.15) is 5.56 Å². The third-order valence-electron chi connectivity index (χ3n) is 1.36. The van der Waals surface area contributed by atoms with E-state index >= 15 is 0 Å². The summed E-state index contributed by atoms with van der Waals surface area (Å²) in [5, 5.41) is 11.9. The zero-order chi connectivity index (χ0) is 8.43. The largest absolute Gasteiger partial charge is 0.508 e. The van der Waals surface area contributed by atoms with Crippen molar-refractivity contribution in [2.75, 3.05) is 0 Å². The van der Waals surface area contributed by atoms with Crippen molar-refractivity contribution in [3.05, 3.63) is 27.1 Å². The van der Waals surface area contributed by atoms with Gasteiger partial charge in [0.2, 0.25) is 0 Å². The van der Waals surface area contributed by atoms with Crippen LogP contribution in [0, 0.1) is 11.8 Å². The quantitative estimate of drug-likeness (QED) is 0.733. The molecule has 0 spiro atoms. The molecule has 1 rings (SSSR count). The van der Waals surface area contributed by atoms with Crippen molar-refractivity contribution in [2.24, 2.45) is 5.18 Å². The SMILES string of the molecule is Cc1cc(N=O)c(Br)cc1O. The zero-order valence-electron chi connectivity index (χ0n) is 5.84. The van der Waals surface area contributed by atoms with Gasteiger partial charge in [0, 0.05) is 0 Å². The molecule has 0 amide bonds. The Morgan fingerprint density at radius 1 is 1.55 bits per heavy atom.